The normalized spacial score (nSPS) is 10.5. The molecule has 62 valence electrons. The van der Waals surface area contributed by atoms with Gasteiger partial charge in [0.1, 0.15) is 5.65 Å². The minimum atomic E-state index is 0.905. The molecule has 3 nitrogen and oxygen atoms in total. The summed E-state index contributed by atoms with van der Waals surface area (Å²) in [6.45, 7) is 0. The van der Waals surface area contributed by atoms with Crippen LogP contribution in [-0.2, 0) is 0 Å². The molecule has 2 aromatic rings. The van der Waals surface area contributed by atoms with E-state index in [1.807, 2.05) is 19.3 Å². The SMILES string of the molecule is CNc1c(Br)cnc2[nH]ccc12. The van der Waals surface area contributed by atoms with Crippen LogP contribution in [0.4, 0.5) is 5.69 Å². The highest BCUT2D eigenvalue weighted by Gasteiger charge is 2.04. The lowest BCUT2D eigenvalue weighted by atomic mass is 10.3. The van der Waals surface area contributed by atoms with Crippen LogP contribution in [0.25, 0.3) is 11.0 Å². The molecule has 0 unspecified atom stereocenters. The average molecular weight is 226 g/mol. The smallest absolute Gasteiger partial charge is 0.139 e. The fraction of sp³-hybridized carbons (Fsp3) is 0.125. The summed E-state index contributed by atoms with van der Waals surface area (Å²) in [4.78, 5) is 7.26. The van der Waals surface area contributed by atoms with Crippen molar-refractivity contribution in [3.8, 4) is 0 Å². The summed E-state index contributed by atoms with van der Waals surface area (Å²) in [7, 11) is 1.90. The van der Waals surface area contributed by atoms with Crippen LogP contribution in [0.3, 0.4) is 0 Å². The minimum absolute atomic E-state index is 0.905. The van der Waals surface area contributed by atoms with Gasteiger partial charge in [-0.15, -0.1) is 0 Å². The highest BCUT2D eigenvalue weighted by atomic mass is 79.9. The van der Waals surface area contributed by atoms with Crippen LogP contribution in [0.2, 0.25) is 0 Å². The van der Waals surface area contributed by atoms with Gasteiger partial charge in [0.05, 0.1) is 10.2 Å². The molecule has 0 spiro atoms. The molecule has 2 heterocycles. The number of hydrogen-bond donors (Lipinski definition) is 2. The molecule has 0 radical (unpaired) electrons. The highest BCUT2D eigenvalue weighted by Crippen LogP contribution is 2.28. The fourth-order valence-electron chi connectivity index (χ4n) is 1.24. The van der Waals surface area contributed by atoms with Crippen LogP contribution in [0.15, 0.2) is 22.9 Å². The third-order valence-corrected chi connectivity index (χ3v) is 2.39. The molecule has 0 aliphatic rings. The maximum Gasteiger partial charge on any atom is 0.139 e. The summed E-state index contributed by atoms with van der Waals surface area (Å²) in [5.74, 6) is 0. The van der Waals surface area contributed by atoms with Crippen LogP contribution in [0.1, 0.15) is 0 Å². The van der Waals surface area contributed by atoms with Crippen molar-refractivity contribution in [2.24, 2.45) is 0 Å². The van der Waals surface area contributed by atoms with Gasteiger partial charge >= 0.3 is 0 Å². The Morgan fingerprint density at radius 2 is 2.42 bits per heavy atom. The van der Waals surface area contributed by atoms with Crippen molar-refractivity contribution in [1.82, 2.24) is 9.97 Å². The molecule has 0 atom stereocenters. The second kappa shape index (κ2) is 2.79. The second-order valence-electron chi connectivity index (χ2n) is 2.47. The number of aromatic amines is 1. The topological polar surface area (TPSA) is 40.7 Å². The van der Waals surface area contributed by atoms with E-state index in [2.05, 4.69) is 31.2 Å². The van der Waals surface area contributed by atoms with Gasteiger partial charge in [0.25, 0.3) is 0 Å². The summed E-state index contributed by atoms with van der Waals surface area (Å²) in [6.07, 6.45) is 3.66. The Kier molecular flexibility index (Phi) is 1.77. The molecule has 12 heavy (non-hydrogen) atoms. The van der Waals surface area contributed by atoms with Gasteiger partial charge in [0.15, 0.2) is 0 Å². The third kappa shape index (κ3) is 0.992. The number of hydrogen-bond acceptors (Lipinski definition) is 2. The Balaban J connectivity index is 2.83. The Hall–Kier alpha value is -1.03. The van der Waals surface area contributed by atoms with Gasteiger partial charge in [-0.2, -0.15) is 0 Å². The Morgan fingerprint density at radius 3 is 3.17 bits per heavy atom. The van der Waals surface area contributed by atoms with Crippen LogP contribution in [-0.4, -0.2) is 17.0 Å². The number of aromatic nitrogens is 2. The average Bonchev–Trinajstić information content (AvgIpc) is 2.52. The number of rotatable bonds is 1. The van der Waals surface area contributed by atoms with Gasteiger partial charge in [-0.05, 0) is 22.0 Å². The van der Waals surface area contributed by atoms with Gasteiger partial charge in [0, 0.05) is 24.8 Å². The molecule has 4 heteroatoms. The summed E-state index contributed by atoms with van der Waals surface area (Å²) >= 11 is 3.42. The molecule has 0 aromatic carbocycles. The predicted molar refractivity (Wildman–Crippen MR) is 53.3 cm³/mol. The maximum absolute atomic E-state index is 4.21. The fourth-order valence-corrected chi connectivity index (χ4v) is 1.75. The van der Waals surface area contributed by atoms with Crippen molar-refractivity contribution in [3.63, 3.8) is 0 Å². The monoisotopic (exact) mass is 225 g/mol. The molecule has 0 saturated heterocycles. The van der Waals surface area contributed by atoms with Crippen LogP contribution < -0.4 is 5.32 Å². The molecule has 0 amide bonds. The van der Waals surface area contributed by atoms with E-state index in [0.29, 0.717) is 0 Å². The molecule has 0 saturated carbocycles. The zero-order chi connectivity index (χ0) is 8.55. The molecular formula is C8H8BrN3. The number of nitrogens with one attached hydrogen (secondary N) is 2. The van der Waals surface area contributed by atoms with E-state index in [4.69, 9.17) is 0 Å². The minimum Gasteiger partial charge on any atom is -0.387 e. The van der Waals surface area contributed by atoms with Gasteiger partial charge in [-0.3, -0.25) is 0 Å². The molecular weight excluding hydrogens is 218 g/mol. The van der Waals surface area contributed by atoms with Crippen molar-refractivity contribution in [2.75, 3.05) is 12.4 Å². The molecule has 2 N–H and O–H groups in total. The van der Waals surface area contributed by atoms with Crippen molar-refractivity contribution < 1.29 is 0 Å². The Bertz CT molecular complexity index is 408. The van der Waals surface area contributed by atoms with Crippen LogP contribution in [0.5, 0.6) is 0 Å². The van der Waals surface area contributed by atoms with Crippen molar-refractivity contribution in [1.29, 1.82) is 0 Å². The zero-order valence-electron chi connectivity index (χ0n) is 6.56. The van der Waals surface area contributed by atoms with E-state index in [9.17, 15) is 0 Å². The van der Waals surface area contributed by atoms with Crippen molar-refractivity contribution in [2.45, 2.75) is 0 Å². The molecule has 0 aliphatic carbocycles. The molecule has 2 rings (SSSR count). The highest BCUT2D eigenvalue weighted by molar-refractivity contribution is 9.10. The standard InChI is InChI=1S/C8H8BrN3/c1-10-7-5-2-3-11-8(5)12-4-6(7)9/h2-4H,1H3,(H2,10,11,12). The van der Waals surface area contributed by atoms with E-state index in [1.54, 1.807) is 6.20 Å². The summed E-state index contributed by atoms with van der Waals surface area (Å²) < 4.78 is 0.983. The van der Waals surface area contributed by atoms with Crippen LogP contribution >= 0.6 is 15.9 Å². The molecule has 2 aromatic heterocycles. The van der Waals surface area contributed by atoms with Crippen molar-refractivity contribution in [3.05, 3.63) is 22.9 Å². The van der Waals surface area contributed by atoms with Crippen molar-refractivity contribution >= 4 is 32.7 Å². The molecule has 0 bridgehead atoms. The molecule has 0 aliphatic heterocycles. The first kappa shape index (κ1) is 7.61. The largest absolute Gasteiger partial charge is 0.387 e. The first-order valence-electron chi connectivity index (χ1n) is 3.62. The number of halogens is 1. The first-order valence-corrected chi connectivity index (χ1v) is 4.41. The summed E-state index contributed by atoms with van der Waals surface area (Å²) in [6, 6.07) is 2.00. The number of fused-ring (bicyclic) bond motifs is 1. The second-order valence-corrected chi connectivity index (χ2v) is 3.33. The van der Waals surface area contributed by atoms with E-state index >= 15 is 0 Å². The molecule has 0 fully saturated rings. The predicted octanol–water partition coefficient (Wildman–Crippen LogP) is 2.37. The van der Waals surface area contributed by atoms with E-state index in [-0.39, 0.29) is 0 Å². The Morgan fingerprint density at radius 1 is 1.58 bits per heavy atom. The lowest BCUT2D eigenvalue weighted by Gasteiger charge is -2.03. The zero-order valence-corrected chi connectivity index (χ0v) is 8.14. The van der Waals surface area contributed by atoms with E-state index in [0.717, 1.165) is 21.2 Å². The first-order chi connectivity index (χ1) is 5.83. The number of nitrogens with zero attached hydrogens (tertiary/aromatic N) is 1. The third-order valence-electron chi connectivity index (χ3n) is 1.79. The van der Waals surface area contributed by atoms with Crippen LogP contribution in [0, 0.1) is 0 Å². The van der Waals surface area contributed by atoms with Gasteiger partial charge in [-0.1, -0.05) is 0 Å². The van der Waals surface area contributed by atoms with Gasteiger partial charge in [0.2, 0.25) is 0 Å². The number of anilines is 1. The van der Waals surface area contributed by atoms with Gasteiger partial charge in [-0.25, -0.2) is 4.98 Å². The number of H-pyrrole nitrogens is 1. The lowest BCUT2D eigenvalue weighted by molar-refractivity contribution is 1.31. The summed E-state index contributed by atoms with van der Waals surface area (Å²) in [5, 5.41) is 4.22. The van der Waals surface area contributed by atoms with E-state index in [1.165, 1.54) is 0 Å². The van der Waals surface area contributed by atoms with E-state index < -0.39 is 0 Å². The summed E-state index contributed by atoms with van der Waals surface area (Å²) in [5.41, 5.74) is 1.98. The Labute approximate surface area is 78.3 Å². The quantitative estimate of drug-likeness (QED) is 0.783. The maximum atomic E-state index is 4.21. The number of pyridine rings is 1. The van der Waals surface area contributed by atoms with Gasteiger partial charge < -0.3 is 10.3 Å². The lowest BCUT2D eigenvalue weighted by Crippen LogP contribution is -1.91.